The first-order chi connectivity index (χ1) is 8.86. The van der Waals surface area contributed by atoms with Gasteiger partial charge in [0.25, 0.3) is 0 Å². The average molecular weight is 260 g/mol. The first-order valence-electron chi connectivity index (χ1n) is 7.42. The van der Waals surface area contributed by atoms with Crippen LogP contribution in [0.3, 0.4) is 0 Å². The maximum Gasteiger partial charge on any atom is 0.0470 e. The van der Waals surface area contributed by atoms with Gasteiger partial charge in [-0.3, -0.25) is 0 Å². The van der Waals surface area contributed by atoms with Gasteiger partial charge in [-0.15, -0.1) is 0 Å². The van der Waals surface area contributed by atoms with E-state index in [-0.39, 0.29) is 5.54 Å². The van der Waals surface area contributed by atoms with E-state index in [0.29, 0.717) is 5.41 Å². The third-order valence-electron chi connectivity index (χ3n) is 4.14. The van der Waals surface area contributed by atoms with Gasteiger partial charge in [-0.25, -0.2) is 0 Å². The number of nitrogens with one attached hydrogen (secondary N) is 1. The summed E-state index contributed by atoms with van der Waals surface area (Å²) in [4.78, 5) is 2.60. The van der Waals surface area contributed by atoms with Gasteiger partial charge in [0, 0.05) is 30.9 Å². The lowest BCUT2D eigenvalue weighted by Crippen LogP contribution is -2.50. The predicted octanol–water partition coefficient (Wildman–Crippen LogP) is 3.46. The number of rotatable bonds is 2. The summed E-state index contributed by atoms with van der Waals surface area (Å²) in [6.07, 6.45) is 1.09. The van der Waals surface area contributed by atoms with Gasteiger partial charge in [0.2, 0.25) is 0 Å². The fourth-order valence-electron chi connectivity index (χ4n) is 2.98. The highest BCUT2D eigenvalue weighted by molar-refractivity contribution is 5.56. The Bertz CT molecular complexity index is 435. The summed E-state index contributed by atoms with van der Waals surface area (Å²) in [7, 11) is 0. The molecule has 0 aliphatic carbocycles. The van der Waals surface area contributed by atoms with E-state index < -0.39 is 0 Å². The summed E-state index contributed by atoms with van der Waals surface area (Å²) in [5.74, 6) is 0. The first-order valence-corrected chi connectivity index (χ1v) is 7.42. The molecule has 106 valence electrons. The molecular formula is C17H28N2. The lowest BCUT2D eigenvalue weighted by Gasteiger charge is -2.42. The summed E-state index contributed by atoms with van der Waals surface area (Å²) >= 11 is 0. The molecule has 2 heteroatoms. The van der Waals surface area contributed by atoms with Gasteiger partial charge in [0.15, 0.2) is 0 Å². The van der Waals surface area contributed by atoms with Gasteiger partial charge in [-0.2, -0.15) is 0 Å². The highest BCUT2D eigenvalue weighted by atomic mass is 15.2. The fraction of sp³-hybridized carbons (Fsp3) is 0.647. The Morgan fingerprint density at radius 3 is 2.47 bits per heavy atom. The Balaban J connectivity index is 2.43. The molecule has 0 saturated carbocycles. The number of benzene rings is 1. The summed E-state index contributed by atoms with van der Waals surface area (Å²) < 4.78 is 0. The molecule has 0 spiro atoms. The molecule has 1 N–H and O–H groups in total. The summed E-state index contributed by atoms with van der Waals surface area (Å²) in [6.45, 7) is 14.8. The predicted molar refractivity (Wildman–Crippen MR) is 83.9 cm³/mol. The number of anilines is 1. The highest BCUT2D eigenvalue weighted by Gasteiger charge is 2.35. The molecule has 1 saturated heterocycles. The van der Waals surface area contributed by atoms with Gasteiger partial charge in [-0.05, 0) is 37.3 Å². The molecule has 0 atom stereocenters. The Morgan fingerprint density at radius 2 is 1.79 bits per heavy atom. The van der Waals surface area contributed by atoms with Crippen molar-refractivity contribution >= 4 is 5.69 Å². The minimum atomic E-state index is 0.152. The molecule has 0 aromatic heterocycles. The Labute approximate surface area is 118 Å². The Morgan fingerprint density at radius 1 is 1.11 bits per heavy atom. The molecule has 0 bridgehead atoms. The van der Waals surface area contributed by atoms with Gasteiger partial charge < -0.3 is 10.2 Å². The second-order valence-corrected chi connectivity index (χ2v) is 7.15. The quantitative estimate of drug-likeness (QED) is 0.876. The first kappa shape index (κ1) is 14.4. The van der Waals surface area contributed by atoms with Gasteiger partial charge in [0.05, 0.1) is 0 Å². The number of hydrogen-bond acceptors (Lipinski definition) is 2. The van der Waals surface area contributed by atoms with Crippen molar-refractivity contribution in [3.8, 4) is 0 Å². The zero-order valence-corrected chi connectivity index (χ0v) is 13.1. The Kier molecular flexibility index (Phi) is 3.91. The highest BCUT2D eigenvalue weighted by Crippen LogP contribution is 2.33. The van der Waals surface area contributed by atoms with Crippen LogP contribution in [0.15, 0.2) is 24.3 Å². The summed E-state index contributed by atoms with van der Waals surface area (Å²) in [5.41, 5.74) is 3.31. The van der Waals surface area contributed by atoms with Crippen LogP contribution in [-0.2, 0) is 6.42 Å². The van der Waals surface area contributed by atoms with E-state index in [4.69, 9.17) is 0 Å². The molecule has 1 aliphatic rings. The second-order valence-electron chi connectivity index (χ2n) is 7.15. The minimum Gasteiger partial charge on any atom is -0.364 e. The third-order valence-corrected chi connectivity index (χ3v) is 4.14. The van der Waals surface area contributed by atoms with Gasteiger partial charge in [0.1, 0.15) is 0 Å². The van der Waals surface area contributed by atoms with E-state index >= 15 is 0 Å². The van der Waals surface area contributed by atoms with Crippen molar-refractivity contribution in [1.82, 2.24) is 5.32 Å². The molecule has 19 heavy (non-hydrogen) atoms. The zero-order chi connectivity index (χ0) is 14.1. The molecule has 0 amide bonds. The lowest BCUT2D eigenvalue weighted by molar-refractivity contribution is 0.365. The zero-order valence-electron chi connectivity index (χ0n) is 13.1. The number of hydrogen-bond donors (Lipinski definition) is 1. The molecule has 1 heterocycles. The van der Waals surface area contributed by atoms with E-state index in [1.165, 1.54) is 11.3 Å². The van der Waals surface area contributed by atoms with E-state index in [9.17, 15) is 0 Å². The maximum atomic E-state index is 3.62. The SMILES string of the molecule is CCc1ccccc1N1CC(C)(C)CNCC1(C)C. The number of aryl methyl sites for hydroxylation is 1. The van der Waals surface area contributed by atoms with E-state index in [1.807, 2.05) is 0 Å². The molecule has 2 nitrogen and oxygen atoms in total. The van der Waals surface area contributed by atoms with E-state index in [1.54, 1.807) is 0 Å². The van der Waals surface area contributed by atoms with Crippen LogP contribution in [0.2, 0.25) is 0 Å². The standard InChI is InChI=1S/C17H28N2/c1-6-14-9-7-8-10-15(14)19-13-16(2,3)11-18-12-17(19,4)5/h7-10,18H,6,11-13H2,1-5H3. The van der Waals surface area contributed by atoms with Crippen molar-refractivity contribution in [3.05, 3.63) is 29.8 Å². The van der Waals surface area contributed by atoms with Crippen molar-refractivity contribution in [3.63, 3.8) is 0 Å². The van der Waals surface area contributed by atoms with Crippen molar-refractivity contribution in [2.24, 2.45) is 5.41 Å². The molecule has 1 aliphatic heterocycles. The molecule has 1 aromatic carbocycles. The van der Waals surface area contributed by atoms with Crippen LogP contribution in [0.4, 0.5) is 5.69 Å². The monoisotopic (exact) mass is 260 g/mol. The molecule has 1 fully saturated rings. The molecule has 1 aromatic rings. The second kappa shape index (κ2) is 5.16. The minimum absolute atomic E-state index is 0.152. The van der Waals surface area contributed by atoms with Crippen molar-refractivity contribution < 1.29 is 0 Å². The smallest absolute Gasteiger partial charge is 0.0470 e. The Hall–Kier alpha value is -1.02. The van der Waals surface area contributed by atoms with Crippen LogP contribution in [0, 0.1) is 5.41 Å². The third kappa shape index (κ3) is 3.11. The van der Waals surface area contributed by atoms with Crippen molar-refractivity contribution in [2.45, 2.75) is 46.6 Å². The van der Waals surface area contributed by atoms with Crippen LogP contribution >= 0.6 is 0 Å². The summed E-state index contributed by atoms with van der Waals surface area (Å²) in [6, 6.07) is 8.85. The van der Waals surface area contributed by atoms with Crippen LogP contribution in [0.1, 0.15) is 40.2 Å². The van der Waals surface area contributed by atoms with Crippen LogP contribution in [0.5, 0.6) is 0 Å². The molecule has 2 rings (SSSR count). The molecular weight excluding hydrogens is 232 g/mol. The molecule has 0 unspecified atom stereocenters. The number of nitrogens with zero attached hydrogens (tertiary/aromatic N) is 1. The normalized spacial score (nSPS) is 22.1. The fourth-order valence-corrected chi connectivity index (χ4v) is 2.98. The van der Waals surface area contributed by atoms with E-state index in [0.717, 1.165) is 26.1 Å². The van der Waals surface area contributed by atoms with Gasteiger partial charge in [-0.1, -0.05) is 39.0 Å². The van der Waals surface area contributed by atoms with Crippen LogP contribution in [-0.4, -0.2) is 25.2 Å². The van der Waals surface area contributed by atoms with Gasteiger partial charge >= 0.3 is 0 Å². The van der Waals surface area contributed by atoms with Crippen molar-refractivity contribution in [2.75, 3.05) is 24.5 Å². The summed E-state index contributed by atoms with van der Waals surface area (Å²) in [5, 5.41) is 3.62. The lowest BCUT2D eigenvalue weighted by atomic mass is 9.91. The number of para-hydroxylation sites is 1. The van der Waals surface area contributed by atoms with Crippen molar-refractivity contribution in [1.29, 1.82) is 0 Å². The van der Waals surface area contributed by atoms with Crippen LogP contribution < -0.4 is 10.2 Å². The van der Waals surface area contributed by atoms with E-state index in [2.05, 4.69) is 69.1 Å². The molecule has 0 radical (unpaired) electrons. The van der Waals surface area contributed by atoms with Crippen LogP contribution in [0.25, 0.3) is 0 Å². The average Bonchev–Trinajstić information content (AvgIpc) is 2.45. The largest absolute Gasteiger partial charge is 0.364 e. The topological polar surface area (TPSA) is 15.3 Å². The maximum absolute atomic E-state index is 3.62.